The number of hydrogen-bond acceptors (Lipinski definition) is 15. The number of hydrogen-bond donors (Lipinski definition) is 3. The molecule has 3 N–H and O–H groups in total. The Hall–Kier alpha value is -1.94. The molecule has 0 aliphatic rings. The predicted molar refractivity (Wildman–Crippen MR) is 418 cm³/mol. The molecule has 102 heavy (non-hydrogen) atoms. The first kappa shape index (κ1) is 100. The lowest BCUT2D eigenvalue weighted by Gasteiger charge is -2.21. The summed E-state index contributed by atoms with van der Waals surface area (Å²) in [5, 5.41) is 10.6. The topological polar surface area (TPSA) is 237 Å². The van der Waals surface area contributed by atoms with Gasteiger partial charge >= 0.3 is 39.5 Å². The molecule has 606 valence electrons. The summed E-state index contributed by atoms with van der Waals surface area (Å²) >= 11 is 0. The van der Waals surface area contributed by atoms with Crippen LogP contribution in [-0.2, 0) is 65.4 Å². The minimum atomic E-state index is -4.96. The van der Waals surface area contributed by atoms with Crippen LogP contribution in [0.3, 0.4) is 0 Å². The van der Waals surface area contributed by atoms with Crippen LogP contribution in [0, 0.1) is 17.8 Å². The molecule has 0 aliphatic heterocycles. The van der Waals surface area contributed by atoms with Gasteiger partial charge in [-0.3, -0.25) is 37.3 Å². The van der Waals surface area contributed by atoms with Crippen LogP contribution in [0.4, 0.5) is 0 Å². The van der Waals surface area contributed by atoms with Crippen molar-refractivity contribution in [2.75, 3.05) is 39.6 Å². The molecular weight excluding hydrogens is 1330 g/mol. The van der Waals surface area contributed by atoms with E-state index in [9.17, 15) is 43.2 Å². The molecule has 0 bridgehead atoms. The summed E-state index contributed by atoms with van der Waals surface area (Å²) in [6.07, 6.45) is 62.6. The van der Waals surface area contributed by atoms with Crippen LogP contribution in [0.5, 0.6) is 0 Å². The van der Waals surface area contributed by atoms with Gasteiger partial charge in [0, 0.05) is 25.7 Å². The summed E-state index contributed by atoms with van der Waals surface area (Å²) in [7, 11) is -9.92. The number of unbranched alkanes of at least 4 members (excludes halogenated alkanes) is 47. The summed E-state index contributed by atoms with van der Waals surface area (Å²) in [5.41, 5.74) is 0. The monoisotopic (exact) mass is 1490 g/mol. The Bertz CT molecular complexity index is 1980. The molecule has 0 saturated carbocycles. The van der Waals surface area contributed by atoms with Crippen LogP contribution >= 0.6 is 15.6 Å². The van der Waals surface area contributed by atoms with Crippen LogP contribution in [0.2, 0.25) is 0 Å². The predicted octanol–water partition coefficient (Wildman–Crippen LogP) is 24.9. The molecule has 19 heteroatoms. The van der Waals surface area contributed by atoms with Crippen molar-refractivity contribution in [3.63, 3.8) is 0 Å². The van der Waals surface area contributed by atoms with E-state index in [0.717, 1.165) is 108 Å². The van der Waals surface area contributed by atoms with E-state index in [1.807, 2.05) is 0 Å². The van der Waals surface area contributed by atoms with Crippen molar-refractivity contribution in [2.24, 2.45) is 17.8 Å². The maximum absolute atomic E-state index is 13.1. The van der Waals surface area contributed by atoms with Crippen molar-refractivity contribution in [1.29, 1.82) is 0 Å². The Morgan fingerprint density at radius 1 is 0.284 bits per heavy atom. The van der Waals surface area contributed by atoms with Gasteiger partial charge in [0.1, 0.15) is 19.3 Å². The minimum Gasteiger partial charge on any atom is -0.462 e. The maximum Gasteiger partial charge on any atom is 0.472 e. The second kappa shape index (κ2) is 73.2. The first-order chi connectivity index (χ1) is 49.3. The average molecular weight is 1490 g/mol. The van der Waals surface area contributed by atoms with E-state index in [-0.39, 0.29) is 25.7 Å². The molecule has 0 spiro atoms. The number of carbonyl (C=O) groups excluding carboxylic acids is 4. The second-order valence-corrected chi connectivity index (χ2v) is 33.7. The van der Waals surface area contributed by atoms with Gasteiger partial charge < -0.3 is 33.8 Å². The van der Waals surface area contributed by atoms with Gasteiger partial charge in [-0.25, -0.2) is 9.13 Å². The molecular formula is C83H162O17P2. The van der Waals surface area contributed by atoms with Gasteiger partial charge in [0.15, 0.2) is 12.2 Å². The van der Waals surface area contributed by atoms with Crippen LogP contribution in [0.1, 0.15) is 434 Å². The van der Waals surface area contributed by atoms with Crippen molar-refractivity contribution in [3.05, 3.63) is 0 Å². The van der Waals surface area contributed by atoms with Crippen LogP contribution in [-0.4, -0.2) is 96.7 Å². The molecule has 4 unspecified atom stereocenters. The highest BCUT2D eigenvalue weighted by Crippen LogP contribution is 2.45. The Kier molecular flexibility index (Phi) is 71.8. The van der Waals surface area contributed by atoms with E-state index in [2.05, 4.69) is 48.5 Å². The Morgan fingerprint density at radius 3 is 0.745 bits per heavy atom. The van der Waals surface area contributed by atoms with E-state index in [4.69, 9.17) is 37.0 Å². The molecule has 0 saturated heterocycles. The number of aliphatic hydroxyl groups is 1. The zero-order chi connectivity index (χ0) is 75.1. The molecule has 0 aromatic carbocycles. The molecule has 0 aromatic rings. The Labute approximate surface area is 626 Å². The second-order valence-electron chi connectivity index (χ2n) is 30.8. The number of phosphoric ester groups is 2. The molecule has 0 amide bonds. The number of carbonyl (C=O) groups is 4. The molecule has 0 radical (unpaired) electrons. The van der Waals surface area contributed by atoms with Crippen molar-refractivity contribution >= 4 is 39.5 Å². The van der Waals surface area contributed by atoms with Crippen LogP contribution < -0.4 is 0 Å². The fourth-order valence-corrected chi connectivity index (χ4v) is 14.4. The number of phosphoric acid groups is 2. The van der Waals surface area contributed by atoms with Crippen molar-refractivity contribution < 1.29 is 80.2 Å². The Morgan fingerprint density at radius 2 is 0.500 bits per heavy atom. The van der Waals surface area contributed by atoms with Gasteiger partial charge in [-0.15, -0.1) is 0 Å². The largest absolute Gasteiger partial charge is 0.472 e. The van der Waals surface area contributed by atoms with Gasteiger partial charge in [-0.1, -0.05) is 382 Å². The zero-order valence-electron chi connectivity index (χ0n) is 67.1. The third kappa shape index (κ3) is 73.6. The highest BCUT2D eigenvalue weighted by Gasteiger charge is 2.30. The first-order valence-corrected chi connectivity index (χ1v) is 45.9. The van der Waals surface area contributed by atoms with Crippen molar-refractivity contribution in [1.82, 2.24) is 0 Å². The van der Waals surface area contributed by atoms with Gasteiger partial charge in [-0.2, -0.15) is 0 Å². The molecule has 7 atom stereocenters. The smallest absolute Gasteiger partial charge is 0.462 e. The lowest BCUT2D eigenvalue weighted by atomic mass is 9.99. The first-order valence-electron chi connectivity index (χ1n) is 42.9. The van der Waals surface area contributed by atoms with Gasteiger partial charge in [0.25, 0.3) is 0 Å². The molecule has 0 heterocycles. The van der Waals surface area contributed by atoms with Crippen molar-refractivity contribution in [2.45, 2.75) is 452 Å². The molecule has 0 rings (SSSR count). The third-order valence-corrected chi connectivity index (χ3v) is 22.0. The number of ether oxygens (including phenoxy) is 4. The quantitative estimate of drug-likeness (QED) is 0.0222. The lowest BCUT2D eigenvalue weighted by Crippen LogP contribution is -2.30. The number of aliphatic hydroxyl groups excluding tert-OH is 1. The SMILES string of the molecule is CCCCCCCCCCCCCCCCCCCCCCCC(=O)O[C@H](COC(=O)CCCCCCCCCCCCCCCCC(C)CC)COP(=O)(O)OC[C@@H](O)COP(=O)(O)OC[C@@H](COC(=O)CCCCCCCCC(C)C)OC(=O)CCCCCCCCCCCCC(C)CC. The summed E-state index contributed by atoms with van der Waals surface area (Å²) in [5.74, 6) is 0.220. The highest BCUT2D eigenvalue weighted by molar-refractivity contribution is 7.47. The van der Waals surface area contributed by atoms with Crippen LogP contribution in [0.15, 0.2) is 0 Å². The Balaban J connectivity index is 5.22. The average Bonchev–Trinajstić information content (AvgIpc) is 0.918. The standard InChI is InChI=1S/C83H162O17P2/c1-8-11-12-13-14-15-16-17-18-19-20-21-22-23-24-29-32-38-43-52-59-66-82(87)99-78(70-93-80(85)64-57-50-42-37-31-28-26-25-27-30-35-40-48-55-62-75(6)9-2)72-97-101(89,90)95-68-77(84)69-96-102(91,92)98-73-79(71-94-81(86)65-58-51-46-45-47-54-61-74(4)5)100-83(88)67-60-53-44-39-34-33-36-41-49-56-63-76(7)10-3/h74-79,84H,8-73H2,1-7H3,(H,89,90)(H,91,92)/t75?,76?,77-,78-,79-/m1/s1. The lowest BCUT2D eigenvalue weighted by molar-refractivity contribution is -0.161. The van der Waals surface area contributed by atoms with E-state index in [1.54, 1.807) is 0 Å². The number of rotatable bonds is 81. The summed E-state index contributed by atoms with van der Waals surface area (Å²) in [4.78, 5) is 73.0. The van der Waals surface area contributed by atoms with Crippen LogP contribution in [0.25, 0.3) is 0 Å². The fourth-order valence-electron chi connectivity index (χ4n) is 12.8. The van der Waals surface area contributed by atoms with E-state index < -0.39 is 97.5 Å². The minimum absolute atomic E-state index is 0.105. The third-order valence-electron chi connectivity index (χ3n) is 20.1. The fraction of sp³-hybridized carbons (Fsp3) is 0.952. The maximum atomic E-state index is 13.1. The molecule has 0 fully saturated rings. The molecule has 0 aliphatic carbocycles. The number of esters is 4. The van der Waals surface area contributed by atoms with E-state index in [1.165, 1.54) is 238 Å². The summed E-state index contributed by atoms with van der Waals surface area (Å²) < 4.78 is 68.7. The van der Waals surface area contributed by atoms with Gasteiger partial charge in [0.05, 0.1) is 26.4 Å². The van der Waals surface area contributed by atoms with E-state index in [0.29, 0.717) is 31.6 Å². The summed E-state index contributed by atoms with van der Waals surface area (Å²) in [6, 6.07) is 0. The molecule has 17 nitrogen and oxygen atoms in total. The van der Waals surface area contributed by atoms with Gasteiger partial charge in [-0.05, 0) is 43.4 Å². The van der Waals surface area contributed by atoms with Crippen molar-refractivity contribution in [3.8, 4) is 0 Å². The zero-order valence-corrected chi connectivity index (χ0v) is 68.9. The normalized spacial score (nSPS) is 14.5. The van der Waals surface area contributed by atoms with E-state index >= 15 is 0 Å². The highest BCUT2D eigenvalue weighted by atomic mass is 31.2. The molecule has 0 aromatic heterocycles. The van der Waals surface area contributed by atoms with Gasteiger partial charge in [0.2, 0.25) is 0 Å². The summed E-state index contributed by atoms with van der Waals surface area (Å²) in [6.45, 7) is 11.9.